The first kappa shape index (κ1) is 62.2. The molecule has 0 aliphatic rings. The fourth-order valence-corrected chi connectivity index (χ4v) is 13.1. The normalized spacial score (nSPS) is 11.0. The van der Waals surface area contributed by atoms with Crippen molar-refractivity contribution in [1.29, 1.82) is 0 Å². The molecule has 0 spiro atoms. The molecule has 4 N–H and O–H groups in total. The summed E-state index contributed by atoms with van der Waals surface area (Å²) in [6, 6.07) is 134. The second-order valence-corrected chi connectivity index (χ2v) is 24.7. The molecule has 0 fully saturated rings. The van der Waals surface area contributed by atoms with Gasteiger partial charge in [-0.15, -0.1) is 0 Å². The minimum absolute atomic E-state index is 0.889. The second-order valence-electron chi connectivity index (χ2n) is 24.7. The van der Waals surface area contributed by atoms with Gasteiger partial charge in [-0.05, 0) is 177 Å². The number of nitrogens with one attached hydrogen (secondary N) is 4. The molecule has 3 heterocycles. The van der Waals surface area contributed by atoms with Gasteiger partial charge < -0.3 is 34.5 Å². The number of fused-ring (bicyclic) bond motifs is 11. The van der Waals surface area contributed by atoms with Crippen LogP contribution in [0.1, 0.15) is 0 Å². The first-order chi connectivity index (χ1) is 50.0. The standard InChI is InChI=1S/C30H21NO.C24H17NO.C22H15NO.C18H15N/c1-3-9-21(10-4-1)25-17-15-23(19-28(25)22-11-5-2-6-12-22)31-24-16-18-27-26-13-7-8-14-29(26)32-30(27)20-24;1-2-7-17(8-3-1)18-9-6-10-19(15-18)25-20-13-14-22-21-11-4-5-12-23(21)26-24(22)16-20;1-2-7-16(8-3-1)23-17-11-13-20-19(14-17)22-18-9-5-4-6-15(18)10-12-21(22)24-20;1-3-7-15(8-4-1)16-11-13-18(14-12-16)19-17-9-5-2-6-10-17/h1-20,31H;1-16,25H;1-14,23H;1-14,19H. The average Bonchev–Trinajstić information content (AvgIpc) is 1.65. The van der Waals surface area contributed by atoms with Crippen molar-refractivity contribution in [3.63, 3.8) is 0 Å². The van der Waals surface area contributed by atoms with Crippen molar-refractivity contribution < 1.29 is 13.3 Å². The van der Waals surface area contributed by atoms with Crippen molar-refractivity contribution in [1.82, 2.24) is 0 Å². The monoisotopic (exact) mass is 1300 g/mol. The van der Waals surface area contributed by atoms with Gasteiger partial charge in [-0.25, -0.2) is 0 Å². The Bertz CT molecular complexity index is 6000. The highest BCUT2D eigenvalue weighted by Crippen LogP contribution is 2.40. The Balaban J connectivity index is 0.000000106. The molecular formula is C94H68N4O3. The lowest BCUT2D eigenvalue weighted by atomic mass is 9.94. The molecule has 0 aliphatic carbocycles. The molecule has 7 nitrogen and oxygen atoms in total. The summed E-state index contributed by atoms with van der Waals surface area (Å²) in [6.07, 6.45) is 0. The van der Waals surface area contributed by atoms with Crippen LogP contribution >= 0.6 is 0 Å². The van der Waals surface area contributed by atoms with Crippen LogP contribution in [-0.4, -0.2) is 0 Å². The zero-order valence-corrected chi connectivity index (χ0v) is 55.2. The van der Waals surface area contributed by atoms with Gasteiger partial charge in [0, 0.05) is 89.9 Å². The lowest BCUT2D eigenvalue weighted by molar-refractivity contribution is 0.668. The number of para-hydroxylation sites is 4. The van der Waals surface area contributed by atoms with Crippen molar-refractivity contribution in [2.24, 2.45) is 0 Å². The van der Waals surface area contributed by atoms with Gasteiger partial charge in [0.1, 0.15) is 33.5 Å². The first-order valence-corrected chi connectivity index (χ1v) is 33.9. The molecule has 19 rings (SSSR count). The third-order valence-electron chi connectivity index (χ3n) is 18.0. The highest BCUT2D eigenvalue weighted by atomic mass is 16.3. The van der Waals surface area contributed by atoms with Crippen molar-refractivity contribution >= 4 is 122 Å². The second kappa shape index (κ2) is 29.0. The lowest BCUT2D eigenvalue weighted by Gasteiger charge is -2.14. The maximum Gasteiger partial charge on any atom is 0.137 e. The van der Waals surface area contributed by atoms with Gasteiger partial charge in [-0.1, -0.05) is 255 Å². The molecule has 19 aromatic rings. The van der Waals surface area contributed by atoms with E-state index in [0.717, 1.165) is 106 Å². The molecule has 0 atom stereocenters. The van der Waals surface area contributed by atoms with E-state index in [0.29, 0.717) is 0 Å². The van der Waals surface area contributed by atoms with Crippen molar-refractivity contribution in [2.75, 3.05) is 21.3 Å². The summed E-state index contributed by atoms with van der Waals surface area (Å²) in [4.78, 5) is 0. The number of anilines is 8. The molecule has 16 aromatic carbocycles. The summed E-state index contributed by atoms with van der Waals surface area (Å²) in [5.74, 6) is 0. The van der Waals surface area contributed by atoms with Gasteiger partial charge in [-0.3, -0.25) is 0 Å². The maximum atomic E-state index is 6.06. The van der Waals surface area contributed by atoms with Crippen molar-refractivity contribution in [3.05, 3.63) is 388 Å². The van der Waals surface area contributed by atoms with Crippen LogP contribution in [0.15, 0.2) is 401 Å². The minimum atomic E-state index is 0.889. The highest BCUT2D eigenvalue weighted by Gasteiger charge is 2.14. The molecular weight excluding hydrogens is 1230 g/mol. The maximum absolute atomic E-state index is 6.06. The molecule has 0 saturated carbocycles. The molecule has 0 unspecified atom stereocenters. The number of hydrogen-bond acceptors (Lipinski definition) is 7. The molecule has 7 heteroatoms. The van der Waals surface area contributed by atoms with E-state index in [9.17, 15) is 0 Å². The van der Waals surface area contributed by atoms with Crippen LogP contribution in [-0.2, 0) is 0 Å². The highest BCUT2D eigenvalue weighted by molar-refractivity contribution is 6.19. The van der Waals surface area contributed by atoms with Crippen LogP contribution in [0.25, 0.3) is 121 Å². The Morgan fingerprint density at radius 3 is 1.09 bits per heavy atom. The van der Waals surface area contributed by atoms with E-state index < -0.39 is 0 Å². The largest absolute Gasteiger partial charge is 0.456 e. The minimum Gasteiger partial charge on any atom is -0.456 e. The Kier molecular flexibility index (Phi) is 17.9. The van der Waals surface area contributed by atoms with Crippen molar-refractivity contribution in [3.8, 4) is 44.5 Å². The summed E-state index contributed by atoms with van der Waals surface area (Å²) >= 11 is 0. The summed E-state index contributed by atoms with van der Waals surface area (Å²) in [5, 5.41) is 23.3. The van der Waals surface area contributed by atoms with Crippen LogP contribution in [0.3, 0.4) is 0 Å². The molecule has 3 aromatic heterocycles. The van der Waals surface area contributed by atoms with E-state index in [1.165, 1.54) is 60.7 Å². The van der Waals surface area contributed by atoms with Crippen LogP contribution in [0.5, 0.6) is 0 Å². The van der Waals surface area contributed by atoms with Crippen molar-refractivity contribution in [2.45, 2.75) is 0 Å². The zero-order chi connectivity index (χ0) is 67.5. The number of rotatable bonds is 12. The Labute approximate surface area is 585 Å². The van der Waals surface area contributed by atoms with Gasteiger partial charge in [0.25, 0.3) is 0 Å². The summed E-state index contributed by atoms with van der Waals surface area (Å²) in [6.45, 7) is 0. The lowest BCUT2D eigenvalue weighted by Crippen LogP contribution is -1.92. The predicted molar refractivity (Wildman–Crippen MR) is 426 cm³/mol. The van der Waals surface area contributed by atoms with Crippen LogP contribution in [0.4, 0.5) is 45.5 Å². The average molecular weight is 1300 g/mol. The Hall–Kier alpha value is -13.6. The van der Waals surface area contributed by atoms with Gasteiger partial charge in [0.2, 0.25) is 0 Å². The molecule has 0 bridgehead atoms. The predicted octanol–water partition coefficient (Wildman–Crippen LogP) is 27.2. The molecule has 0 amide bonds. The fraction of sp³-hybridized carbons (Fsp3) is 0. The SMILES string of the molecule is c1ccc(-c2ccc(Nc3ccc4c(c3)oc3ccccc34)cc2-c2ccccc2)cc1.c1ccc(-c2cccc(Nc3ccc4c(c3)oc3ccccc34)c2)cc1.c1ccc(Nc2ccc(-c3ccccc3)cc2)cc1.c1ccc(Nc2ccc3oc4ccc5ccccc5c4c3c2)cc1. The van der Waals surface area contributed by atoms with E-state index in [2.05, 4.69) is 319 Å². The Morgan fingerprint density at radius 2 is 0.505 bits per heavy atom. The van der Waals surface area contributed by atoms with E-state index >= 15 is 0 Å². The summed E-state index contributed by atoms with van der Waals surface area (Å²) in [5.41, 5.74) is 23.6. The third kappa shape index (κ3) is 14.2. The quantitative estimate of drug-likeness (QED) is 0.0969. The third-order valence-corrected chi connectivity index (χ3v) is 18.0. The molecule has 0 aliphatic heterocycles. The number of hydrogen-bond donors (Lipinski definition) is 4. The van der Waals surface area contributed by atoms with E-state index in [-0.39, 0.29) is 0 Å². The van der Waals surface area contributed by atoms with E-state index in [1.807, 2.05) is 91.0 Å². The van der Waals surface area contributed by atoms with Crippen LogP contribution < -0.4 is 21.3 Å². The van der Waals surface area contributed by atoms with Gasteiger partial charge >= 0.3 is 0 Å². The van der Waals surface area contributed by atoms with E-state index in [4.69, 9.17) is 13.3 Å². The molecule has 101 heavy (non-hydrogen) atoms. The number of benzene rings is 16. The zero-order valence-electron chi connectivity index (χ0n) is 55.2. The molecule has 0 radical (unpaired) electrons. The fourth-order valence-electron chi connectivity index (χ4n) is 13.1. The molecule has 482 valence electrons. The summed E-state index contributed by atoms with van der Waals surface area (Å²) in [7, 11) is 0. The van der Waals surface area contributed by atoms with Gasteiger partial charge in [-0.2, -0.15) is 0 Å². The number of furan rings is 3. The Morgan fingerprint density at radius 1 is 0.158 bits per heavy atom. The van der Waals surface area contributed by atoms with Crippen LogP contribution in [0, 0.1) is 0 Å². The smallest absolute Gasteiger partial charge is 0.137 e. The summed E-state index contributed by atoms with van der Waals surface area (Å²) < 4.78 is 18.1. The van der Waals surface area contributed by atoms with E-state index in [1.54, 1.807) is 0 Å². The molecule has 0 saturated heterocycles. The first-order valence-electron chi connectivity index (χ1n) is 33.9. The van der Waals surface area contributed by atoms with Gasteiger partial charge in [0.05, 0.1) is 0 Å². The van der Waals surface area contributed by atoms with Crippen LogP contribution in [0.2, 0.25) is 0 Å². The topological polar surface area (TPSA) is 87.5 Å². The van der Waals surface area contributed by atoms with Gasteiger partial charge in [0.15, 0.2) is 0 Å².